The first-order chi connectivity index (χ1) is 8.58. The van der Waals surface area contributed by atoms with Crippen LogP contribution < -0.4 is 5.32 Å². The summed E-state index contributed by atoms with van der Waals surface area (Å²) in [7, 11) is 0. The van der Waals surface area contributed by atoms with Gasteiger partial charge in [-0.15, -0.1) is 0 Å². The fourth-order valence-corrected chi connectivity index (χ4v) is 2.39. The zero-order valence-electron chi connectivity index (χ0n) is 9.77. The Morgan fingerprint density at radius 1 is 1.44 bits per heavy atom. The fourth-order valence-electron chi connectivity index (χ4n) is 2.39. The van der Waals surface area contributed by atoms with Gasteiger partial charge in [-0.05, 0) is 17.5 Å². The molecule has 0 aromatic heterocycles. The molecule has 0 saturated carbocycles. The number of nitrogens with one attached hydrogen (secondary N) is 1. The van der Waals surface area contributed by atoms with E-state index < -0.39 is 18.3 Å². The molecule has 5 heteroatoms. The van der Waals surface area contributed by atoms with E-state index in [4.69, 9.17) is 5.11 Å². The second-order valence-corrected chi connectivity index (χ2v) is 4.53. The van der Waals surface area contributed by atoms with Crippen LogP contribution in [0, 0.1) is 5.92 Å². The summed E-state index contributed by atoms with van der Waals surface area (Å²) < 4.78 is 25.0. The molecular formula is C13H15F2NO2. The van der Waals surface area contributed by atoms with E-state index in [9.17, 15) is 13.6 Å². The zero-order chi connectivity index (χ0) is 13.1. The minimum Gasteiger partial charge on any atom is -0.481 e. The molecule has 1 fully saturated rings. The van der Waals surface area contributed by atoms with E-state index >= 15 is 0 Å². The first kappa shape index (κ1) is 13.0. The molecule has 2 rings (SSSR count). The van der Waals surface area contributed by atoms with E-state index in [1.165, 1.54) is 0 Å². The number of rotatable bonds is 4. The average molecular weight is 255 g/mol. The fraction of sp³-hybridized carbons (Fsp3) is 0.462. The molecule has 98 valence electrons. The molecule has 0 amide bonds. The summed E-state index contributed by atoms with van der Waals surface area (Å²) in [6.45, 7) is 0.392. The summed E-state index contributed by atoms with van der Waals surface area (Å²) in [4.78, 5) is 10.9. The predicted octanol–water partition coefficient (Wildman–Crippen LogP) is 2.23. The maximum atomic E-state index is 12.5. The van der Waals surface area contributed by atoms with Crippen LogP contribution in [0.1, 0.15) is 23.6 Å². The van der Waals surface area contributed by atoms with E-state index in [2.05, 4.69) is 5.32 Å². The number of hydrogen-bond donors (Lipinski definition) is 2. The first-order valence-electron chi connectivity index (χ1n) is 5.90. The lowest BCUT2D eigenvalue weighted by Crippen LogP contribution is -2.18. The minimum absolute atomic E-state index is 0.138. The van der Waals surface area contributed by atoms with Gasteiger partial charge in [0.25, 0.3) is 0 Å². The summed E-state index contributed by atoms with van der Waals surface area (Å²) in [6.07, 6.45) is -2.22. The topological polar surface area (TPSA) is 49.3 Å². The second-order valence-electron chi connectivity index (χ2n) is 4.53. The molecular weight excluding hydrogens is 240 g/mol. The molecule has 1 aromatic rings. The Labute approximate surface area is 104 Å². The van der Waals surface area contributed by atoms with Gasteiger partial charge in [0.2, 0.25) is 6.43 Å². The van der Waals surface area contributed by atoms with E-state index in [0.717, 1.165) is 5.56 Å². The lowest BCUT2D eigenvalue weighted by molar-refractivity contribution is -0.141. The van der Waals surface area contributed by atoms with Crippen molar-refractivity contribution in [1.29, 1.82) is 0 Å². The predicted molar refractivity (Wildman–Crippen MR) is 62.6 cm³/mol. The number of aliphatic carboxylic acids is 1. The quantitative estimate of drug-likeness (QED) is 0.867. The van der Waals surface area contributed by atoms with Crippen molar-refractivity contribution in [3.63, 3.8) is 0 Å². The number of halogens is 2. The molecule has 1 saturated heterocycles. The van der Waals surface area contributed by atoms with Gasteiger partial charge in [-0.2, -0.15) is 0 Å². The van der Waals surface area contributed by atoms with Crippen molar-refractivity contribution < 1.29 is 18.7 Å². The molecule has 0 aliphatic carbocycles. The number of benzene rings is 1. The van der Waals surface area contributed by atoms with Crippen molar-refractivity contribution in [3.05, 3.63) is 35.4 Å². The van der Waals surface area contributed by atoms with Gasteiger partial charge in [-0.1, -0.05) is 24.3 Å². The summed E-state index contributed by atoms with van der Waals surface area (Å²) in [6, 6.07) is 6.85. The third-order valence-electron chi connectivity index (χ3n) is 3.28. The van der Waals surface area contributed by atoms with Crippen molar-refractivity contribution in [2.45, 2.75) is 25.3 Å². The van der Waals surface area contributed by atoms with Crippen LogP contribution in [0.25, 0.3) is 0 Å². The molecule has 0 bridgehead atoms. The van der Waals surface area contributed by atoms with Crippen LogP contribution in [-0.4, -0.2) is 24.0 Å². The summed E-state index contributed by atoms with van der Waals surface area (Å²) in [5.74, 6) is -1.27. The molecule has 1 aromatic carbocycles. The molecule has 1 heterocycles. The highest BCUT2D eigenvalue weighted by molar-refractivity contribution is 5.70. The molecule has 2 N–H and O–H groups in total. The highest BCUT2D eigenvalue weighted by Crippen LogP contribution is 2.30. The SMILES string of the molecule is O=C(O)C1CNC(c2ccccc2CC(F)F)C1. The number of hydrogen-bond acceptors (Lipinski definition) is 2. The molecule has 0 spiro atoms. The Hall–Kier alpha value is -1.49. The van der Waals surface area contributed by atoms with Crippen LogP contribution in [0.3, 0.4) is 0 Å². The highest BCUT2D eigenvalue weighted by Gasteiger charge is 2.31. The van der Waals surface area contributed by atoms with Crippen molar-refractivity contribution >= 4 is 5.97 Å². The monoisotopic (exact) mass is 255 g/mol. The maximum absolute atomic E-state index is 12.5. The van der Waals surface area contributed by atoms with Crippen molar-refractivity contribution in [2.24, 2.45) is 5.92 Å². The lowest BCUT2D eigenvalue weighted by Gasteiger charge is -2.15. The van der Waals surface area contributed by atoms with Gasteiger partial charge >= 0.3 is 5.97 Å². The van der Waals surface area contributed by atoms with E-state index in [-0.39, 0.29) is 12.5 Å². The second kappa shape index (κ2) is 5.44. The van der Waals surface area contributed by atoms with Crippen LogP contribution >= 0.6 is 0 Å². The summed E-state index contributed by atoms with van der Waals surface area (Å²) >= 11 is 0. The van der Waals surface area contributed by atoms with Crippen LogP contribution in [0.4, 0.5) is 8.78 Å². The van der Waals surface area contributed by atoms with Crippen molar-refractivity contribution in [2.75, 3.05) is 6.54 Å². The Balaban J connectivity index is 2.16. The minimum atomic E-state index is -2.39. The Kier molecular flexibility index (Phi) is 3.91. The number of carbonyl (C=O) groups is 1. The number of alkyl halides is 2. The number of carboxylic acid groups (broad SMARTS) is 1. The Morgan fingerprint density at radius 2 is 2.17 bits per heavy atom. The normalized spacial score (nSPS) is 23.5. The maximum Gasteiger partial charge on any atom is 0.307 e. The third kappa shape index (κ3) is 2.85. The van der Waals surface area contributed by atoms with Gasteiger partial charge in [-0.3, -0.25) is 4.79 Å². The Morgan fingerprint density at radius 3 is 2.78 bits per heavy atom. The highest BCUT2D eigenvalue weighted by atomic mass is 19.3. The molecule has 18 heavy (non-hydrogen) atoms. The van der Waals surface area contributed by atoms with Gasteiger partial charge < -0.3 is 10.4 Å². The molecule has 1 aliphatic heterocycles. The average Bonchev–Trinajstić information content (AvgIpc) is 2.78. The summed E-state index contributed by atoms with van der Waals surface area (Å²) in [5.41, 5.74) is 1.39. The van der Waals surface area contributed by atoms with Gasteiger partial charge in [0, 0.05) is 19.0 Å². The van der Waals surface area contributed by atoms with E-state index in [1.807, 2.05) is 0 Å². The van der Waals surface area contributed by atoms with Crippen molar-refractivity contribution in [1.82, 2.24) is 5.32 Å². The van der Waals surface area contributed by atoms with E-state index in [0.29, 0.717) is 18.5 Å². The van der Waals surface area contributed by atoms with Gasteiger partial charge in [0.1, 0.15) is 0 Å². The smallest absolute Gasteiger partial charge is 0.307 e. The first-order valence-corrected chi connectivity index (χ1v) is 5.90. The van der Waals surface area contributed by atoms with Crippen LogP contribution in [0.5, 0.6) is 0 Å². The van der Waals surface area contributed by atoms with Crippen LogP contribution in [-0.2, 0) is 11.2 Å². The number of carboxylic acids is 1. The van der Waals surface area contributed by atoms with Gasteiger partial charge in [0.05, 0.1) is 5.92 Å². The third-order valence-corrected chi connectivity index (χ3v) is 3.28. The van der Waals surface area contributed by atoms with Crippen LogP contribution in [0.2, 0.25) is 0 Å². The van der Waals surface area contributed by atoms with Crippen LogP contribution in [0.15, 0.2) is 24.3 Å². The Bertz CT molecular complexity index is 437. The van der Waals surface area contributed by atoms with E-state index in [1.54, 1.807) is 24.3 Å². The molecule has 0 radical (unpaired) electrons. The van der Waals surface area contributed by atoms with Gasteiger partial charge in [0.15, 0.2) is 0 Å². The molecule has 1 aliphatic rings. The van der Waals surface area contributed by atoms with Gasteiger partial charge in [-0.25, -0.2) is 8.78 Å². The zero-order valence-corrected chi connectivity index (χ0v) is 9.77. The molecule has 2 atom stereocenters. The largest absolute Gasteiger partial charge is 0.481 e. The molecule has 2 unspecified atom stereocenters. The molecule has 3 nitrogen and oxygen atoms in total. The van der Waals surface area contributed by atoms with Crippen molar-refractivity contribution in [3.8, 4) is 0 Å². The lowest BCUT2D eigenvalue weighted by atomic mass is 9.95. The standard InChI is InChI=1S/C13H15F2NO2/c14-12(15)6-8-3-1-2-4-10(8)11-5-9(7-16-11)13(17)18/h1-4,9,11-12,16H,5-7H2,(H,17,18). The summed E-state index contributed by atoms with van der Waals surface area (Å²) in [5, 5.41) is 12.0.